The number of nitrogens with one attached hydrogen (secondary N) is 1. The van der Waals surface area contributed by atoms with Gasteiger partial charge in [0.1, 0.15) is 11.6 Å². The summed E-state index contributed by atoms with van der Waals surface area (Å²) < 4.78 is 1.84. The molecule has 0 fully saturated rings. The van der Waals surface area contributed by atoms with Gasteiger partial charge in [-0.2, -0.15) is 5.10 Å². The Morgan fingerprint density at radius 3 is 1.94 bits per heavy atom. The third-order valence-electron chi connectivity index (χ3n) is 5.31. The summed E-state index contributed by atoms with van der Waals surface area (Å²) in [5.41, 5.74) is 6.57. The molecule has 4 heteroatoms. The number of hydrogen-bond acceptors (Lipinski definition) is 3. The van der Waals surface area contributed by atoms with Crippen molar-refractivity contribution in [1.29, 1.82) is 0 Å². The number of aryl methyl sites for hydroxylation is 1. The Morgan fingerprint density at radius 1 is 0.613 bits per heavy atom. The fourth-order valence-electron chi connectivity index (χ4n) is 3.67. The first-order valence-electron chi connectivity index (χ1n) is 10.3. The molecule has 0 amide bonds. The van der Waals surface area contributed by atoms with E-state index in [0.29, 0.717) is 0 Å². The lowest BCUT2D eigenvalue weighted by atomic mass is 10.0. The van der Waals surface area contributed by atoms with Gasteiger partial charge < -0.3 is 5.32 Å². The SMILES string of the molecule is Cn1ncc(-c2ccc(-c3ccccc3)cc2)c1Nc1cccc(-c2ccccc2)n1. The molecule has 0 aliphatic rings. The van der Waals surface area contributed by atoms with Crippen molar-refractivity contribution in [2.45, 2.75) is 0 Å². The second kappa shape index (κ2) is 8.28. The smallest absolute Gasteiger partial charge is 0.137 e. The molecular formula is C27H22N4. The zero-order chi connectivity index (χ0) is 21.0. The minimum atomic E-state index is 0.784. The van der Waals surface area contributed by atoms with Gasteiger partial charge in [-0.3, -0.25) is 4.68 Å². The fourth-order valence-corrected chi connectivity index (χ4v) is 3.67. The highest BCUT2D eigenvalue weighted by molar-refractivity contribution is 5.79. The predicted octanol–water partition coefficient (Wildman–Crippen LogP) is 6.56. The average Bonchev–Trinajstić information content (AvgIpc) is 3.20. The van der Waals surface area contributed by atoms with E-state index in [1.165, 1.54) is 11.1 Å². The highest BCUT2D eigenvalue weighted by atomic mass is 15.3. The fraction of sp³-hybridized carbons (Fsp3) is 0.0370. The summed E-state index contributed by atoms with van der Waals surface area (Å²) in [6, 6.07) is 35.2. The zero-order valence-corrected chi connectivity index (χ0v) is 17.2. The van der Waals surface area contributed by atoms with Gasteiger partial charge in [-0.05, 0) is 28.8 Å². The van der Waals surface area contributed by atoms with Gasteiger partial charge in [0.2, 0.25) is 0 Å². The largest absolute Gasteiger partial charge is 0.325 e. The summed E-state index contributed by atoms with van der Waals surface area (Å²) in [7, 11) is 1.94. The Kier molecular flexibility index (Phi) is 5.03. The van der Waals surface area contributed by atoms with Crippen LogP contribution in [0.2, 0.25) is 0 Å². The molecule has 0 radical (unpaired) electrons. The molecule has 0 atom stereocenters. The van der Waals surface area contributed by atoms with Gasteiger partial charge in [0.15, 0.2) is 0 Å². The summed E-state index contributed by atoms with van der Waals surface area (Å²) in [6.45, 7) is 0. The molecule has 1 N–H and O–H groups in total. The number of pyridine rings is 1. The normalized spacial score (nSPS) is 10.7. The van der Waals surface area contributed by atoms with Gasteiger partial charge in [-0.15, -0.1) is 0 Å². The molecule has 3 aromatic carbocycles. The maximum atomic E-state index is 4.80. The maximum Gasteiger partial charge on any atom is 0.137 e. The van der Waals surface area contributed by atoms with Crippen molar-refractivity contribution < 1.29 is 0 Å². The Balaban J connectivity index is 1.45. The third kappa shape index (κ3) is 3.96. The Bertz CT molecular complexity index is 1290. The number of hydrogen-bond donors (Lipinski definition) is 1. The molecule has 2 aromatic heterocycles. The van der Waals surface area contributed by atoms with Crippen LogP contribution >= 0.6 is 0 Å². The molecule has 4 nitrogen and oxygen atoms in total. The number of nitrogens with zero attached hydrogens (tertiary/aromatic N) is 3. The third-order valence-corrected chi connectivity index (χ3v) is 5.31. The van der Waals surface area contributed by atoms with Gasteiger partial charge in [0, 0.05) is 18.2 Å². The molecule has 0 aliphatic carbocycles. The van der Waals surface area contributed by atoms with E-state index in [4.69, 9.17) is 4.98 Å². The quantitative estimate of drug-likeness (QED) is 0.362. The maximum absolute atomic E-state index is 4.80. The van der Waals surface area contributed by atoms with Crippen LogP contribution in [0.4, 0.5) is 11.6 Å². The van der Waals surface area contributed by atoms with Crippen molar-refractivity contribution in [3.05, 3.63) is 109 Å². The van der Waals surface area contributed by atoms with Crippen LogP contribution in [0.3, 0.4) is 0 Å². The van der Waals surface area contributed by atoms with E-state index in [-0.39, 0.29) is 0 Å². The van der Waals surface area contributed by atoms with Gasteiger partial charge in [-0.25, -0.2) is 4.98 Å². The minimum absolute atomic E-state index is 0.784. The molecule has 5 aromatic rings. The van der Waals surface area contributed by atoms with Gasteiger partial charge in [0.25, 0.3) is 0 Å². The molecule has 0 saturated heterocycles. The topological polar surface area (TPSA) is 42.7 Å². The molecule has 0 spiro atoms. The van der Waals surface area contributed by atoms with E-state index in [2.05, 4.69) is 71.1 Å². The van der Waals surface area contributed by atoms with Crippen LogP contribution in [0.5, 0.6) is 0 Å². The van der Waals surface area contributed by atoms with Gasteiger partial charge in [0.05, 0.1) is 11.9 Å². The molecule has 0 aliphatic heterocycles. The van der Waals surface area contributed by atoms with Crippen molar-refractivity contribution in [3.8, 4) is 33.5 Å². The predicted molar refractivity (Wildman–Crippen MR) is 127 cm³/mol. The second-order valence-corrected chi connectivity index (χ2v) is 7.37. The van der Waals surface area contributed by atoms with E-state index in [0.717, 1.165) is 34.0 Å². The first-order valence-corrected chi connectivity index (χ1v) is 10.3. The van der Waals surface area contributed by atoms with Crippen molar-refractivity contribution in [2.75, 3.05) is 5.32 Å². The second-order valence-electron chi connectivity index (χ2n) is 7.37. The molecular weight excluding hydrogens is 380 g/mol. The van der Waals surface area contributed by atoms with Crippen LogP contribution in [-0.4, -0.2) is 14.8 Å². The highest BCUT2D eigenvalue weighted by Crippen LogP contribution is 2.31. The summed E-state index contributed by atoms with van der Waals surface area (Å²) in [5, 5.41) is 7.94. The summed E-state index contributed by atoms with van der Waals surface area (Å²) in [4.78, 5) is 4.80. The highest BCUT2D eigenvalue weighted by Gasteiger charge is 2.12. The molecule has 0 saturated carbocycles. The molecule has 5 rings (SSSR count). The molecule has 150 valence electrons. The van der Waals surface area contributed by atoms with E-state index in [1.54, 1.807) is 0 Å². The van der Waals surface area contributed by atoms with Crippen molar-refractivity contribution in [1.82, 2.24) is 14.8 Å². The van der Waals surface area contributed by atoms with Crippen LogP contribution in [0.1, 0.15) is 0 Å². The first-order chi connectivity index (χ1) is 15.3. The monoisotopic (exact) mass is 402 g/mol. The molecule has 31 heavy (non-hydrogen) atoms. The molecule has 2 heterocycles. The number of benzene rings is 3. The van der Waals surface area contributed by atoms with Crippen molar-refractivity contribution in [2.24, 2.45) is 7.05 Å². The molecule has 0 bridgehead atoms. The van der Waals surface area contributed by atoms with Crippen LogP contribution in [0, 0.1) is 0 Å². The van der Waals surface area contributed by atoms with Crippen LogP contribution in [0.25, 0.3) is 33.5 Å². The van der Waals surface area contributed by atoms with Gasteiger partial charge >= 0.3 is 0 Å². The number of rotatable bonds is 5. The lowest BCUT2D eigenvalue weighted by molar-refractivity contribution is 0.776. The first kappa shape index (κ1) is 18.8. The summed E-state index contributed by atoms with van der Waals surface area (Å²) >= 11 is 0. The van der Waals surface area contributed by atoms with Crippen molar-refractivity contribution in [3.63, 3.8) is 0 Å². The Labute approximate surface area is 181 Å². The van der Waals surface area contributed by atoms with Crippen LogP contribution in [0.15, 0.2) is 109 Å². The lowest BCUT2D eigenvalue weighted by Crippen LogP contribution is -2.02. The minimum Gasteiger partial charge on any atom is -0.325 e. The average molecular weight is 403 g/mol. The van der Waals surface area contributed by atoms with Crippen molar-refractivity contribution >= 4 is 11.6 Å². The standard InChI is InChI=1S/C27H22N4/c1-31-27(30-26-14-8-13-25(29-26)23-11-6-3-7-12-23)24(19-28-31)22-17-15-21(16-18-22)20-9-4-2-5-10-20/h2-19H,1H3,(H,29,30). The van der Waals surface area contributed by atoms with E-state index in [1.807, 2.05) is 60.4 Å². The summed E-state index contributed by atoms with van der Waals surface area (Å²) in [6.07, 6.45) is 1.89. The number of anilines is 2. The van der Waals surface area contributed by atoms with Crippen LogP contribution in [-0.2, 0) is 7.05 Å². The van der Waals surface area contributed by atoms with E-state index >= 15 is 0 Å². The van der Waals surface area contributed by atoms with Crippen LogP contribution < -0.4 is 5.32 Å². The zero-order valence-electron chi connectivity index (χ0n) is 17.2. The van der Waals surface area contributed by atoms with Gasteiger partial charge in [-0.1, -0.05) is 91.0 Å². The number of aromatic nitrogens is 3. The lowest BCUT2D eigenvalue weighted by Gasteiger charge is -2.11. The summed E-state index contributed by atoms with van der Waals surface area (Å²) in [5.74, 6) is 1.69. The van der Waals surface area contributed by atoms with E-state index in [9.17, 15) is 0 Å². The Hall–Kier alpha value is -4.18. The molecule has 0 unspecified atom stereocenters. The Morgan fingerprint density at radius 2 is 1.23 bits per heavy atom. The van der Waals surface area contributed by atoms with E-state index < -0.39 is 0 Å².